The molecule has 0 unspecified atom stereocenters. The van der Waals surface area contributed by atoms with E-state index < -0.39 is 23.6 Å². The molecule has 0 bridgehead atoms. The Kier molecular flexibility index (Phi) is 5.42. The zero-order chi connectivity index (χ0) is 18.9. The van der Waals surface area contributed by atoms with Gasteiger partial charge >= 0.3 is 6.18 Å². The van der Waals surface area contributed by atoms with Crippen LogP contribution in [0.1, 0.15) is 41.6 Å². The summed E-state index contributed by atoms with van der Waals surface area (Å²) < 4.78 is 59.5. The fourth-order valence-corrected chi connectivity index (χ4v) is 2.98. The van der Waals surface area contributed by atoms with Gasteiger partial charge in [-0.15, -0.1) is 0 Å². The average molecular weight is 355 g/mol. The molecule has 136 valence electrons. The molecule has 1 atom stereocenters. The van der Waals surface area contributed by atoms with Gasteiger partial charge in [-0.25, -0.2) is 4.39 Å². The van der Waals surface area contributed by atoms with Gasteiger partial charge in [0.15, 0.2) is 0 Å². The van der Waals surface area contributed by atoms with Crippen molar-refractivity contribution < 1.29 is 22.3 Å². The van der Waals surface area contributed by atoms with Crippen LogP contribution in [-0.2, 0) is 6.18 Å². The number of hydrogen-bond donors (Lipinski definition) is 1. The third kappa shape index (κ3) is 3.79. The molecule has 0 spiro atoms. The number of rotatable bonds is 4. The zero-order valence-corrected chi connectivity index (χ0v) is 14.6. The van der Waals surface area contributed by atoms with Gasteiger partial charge in [0.25, 0.3) is 0 Å². The highest BCUT2D eigenvalue weighted by molar-refractivity contribution is 5.73. The van der Waals surface area contributed by atoms with Crippen molar-refractivity contribution >= 4 is 0 Å². The number of halogens is 4. The molecule has 2 nitrogen and oxygen atoms in total. The molecule has 6 heteroatoms. The lowest BCUT2D eigenvalue weighted by atomic mass is 9.90. The fourth-order valence-electron chi connectivity index (χ4n) is 2.98. The summed E-state index contributed by atoms with van der Waals surface area (Å²) in [5.74, 6) is -0.684. The molecule has 25 heavy (non-hydrogen) atoms. The summed E-state index contributed by atoms with van der Waals surface area (Å²) >= 11 is 0. The molecule has 0 saturated carbocycles. The van der Waals surface area contributed by atoms with Crippen molar-refractivity contribution in [1.29, 1.82) is 0 Å². The molecule has 0 aromatic heterocycles. The first-order chi connectivity index (χ1) is 11.6. The number of methoxy groups -OCH3 is 1. The maximum absolute atomic E-state index is 14.4. The summed E-state index contributed by atoms with van der Waals surface area (Å²) in [4.78, 5) is 0. The number of benzene rings is 2. The van der Waals surface area contributed by atoms with Crippen LogP contribution < -0.4 is 10.5 Å². The van der Waals surface area contributed by atoms with Gasteiger partial charge in [0, 0.05) is 11.6 Å². The van der Waals surface area contributed by atoms with Crippen LogP contribution in [0.25, 0.3) is 11.1 Å². The van der Waals surface area contributed by atoms with Crippen molar-refractivity contribution in [1.82, 2.24) is 0 Å². The van der Waals surface area contributed by atoms with Crippen molar-refractivity contribution in [2.24, 2.45) is 5.73 Å². The van der Waals surface area contributed by atoms with Gasteiger partial charge < -0.3 is 10.5 Å². The summed E-state index contributed by atoms with van der Waals surface area (Å²) in [6, 6.07) is 4.93. The largest absolute Gasteiger partial charge is 0.497 e. The second-order valence-corrected chi connectivity index (χ2v) is 6.08. The van der Waals surface area contributed by atoms with E-state index in [0.717, 1.165) is 17.2 Å². The highest BCUT2D eigenvalue weighted by atomic mass is 19.4. The Morgan fingerprint density at radius 2 is 1.64 bits per heavy atom. The molecule has 0 heterocycles. The van der Waals surface area contributed by atoms with Crippen molar-refractivity contribution in [3.8, 4) is 16.9 Å². The normalized spacial score (nSPS) is 13.0. The number of ether oxygens (including phenoxy) is 1. The molecule has 0 saturated heterocycles. The Morgan fingerprint density at radius 1 is 1.08 bits per heavy atom. The molecule has 2 aromatic carbocycles. The van der Waals surface area contributed by atoms with Crippen molar-refractivity contribution in [2.45, 2.75) is 39.4 Å². The van der Waals surface area contributed by atoms with Crippen LogP contribution in [0.15, 0.2) is 24.3 Å². The number of aryl methyl sites for hydroxylation is 2. The Labute approximate surface area is 144 Å². The number of nitrogens with two attached hydrogens (primary N) is 1. The molecular formula is C19H21F4NO. The third-order valence-corrected chi connectivity index (χ3v) is 4.28. The van der Waals surface area contributed by atoms with Gasteiger partial charge in [-0.2, -0.15) is 13.2 Å². The van der Waals surface area contributed by atoms with Crippen LogP contribution in [0.2, 0.25) is 0 Å². The second kappa shape index (κ2) is 7.04. The Balaban J connectivity index is 2.79. The summed E-state index contributed by atoms with van der Waals surface area (Å²) in [7, 11) is 1.52. The van der Waals surface area contributed by atoms with Crippen LogP contribution in [0, 0.1) is 19.7 Å². The van der Waals surface area contributed by atoms with Crippen LogP contribution in [-0.4, -0.2) is 7.11 Å². The van der Waals surface area contributed by atoms with E-state index in [1.165, 1.54) is 13.2 Å². The molecule has 0 amide bonds. The molecule has 2 aromatic rings. The highest BCUT2D eigenvalue weighted by Gasteiger charge is 2.36. The molecule has 0 radical (unpaired) electrons. The zero-order valence-electron chi connectivity index (χ0n) is 14.6. The SMILES string of the molecule is CC[C@H](N)c1cc(-c2c(C)cc(OC)cc2C)cc(C(F)(F)F)c1F. The van der Waals surface area contributed by atoms with Crippen molar-refractivity contribution in [3.63, 3.8) is 0 Å². The minimum absolute atomic E-state index is 0.123. The Hall–Kier alpha value is -2.08. The third-order valence-electron chi connectivity index (χ3n) is 4.28. The van der Waals surface area contributed by atoms with E-state index in [1.807, 2.05) is 0 Å². The van der Waals surface area contributed by atoms with Crippen LogP contribution in [0.5, 0.6) is 5.75 Å². The van der Waals surface area contributed by atoms with Crippen LogP contribution in [0.3, 0.4) is 0 Å². The lowest BCUT2D eigenvalue weighted by molar-refractivity contribution is -0.140. The molecule has 2 N–H and O–H groups in total. The predicted molar refractivity (Wildman–Crippen MR) is 90.1 cm³/mol. The molecule has 0 aliphatic carbocycles. The molecule has 0 aliphatic heterocycles. The van der Waals surface area contributed by atoms with Gasteiger partial charge in [0.05, 0.1) is 12.7 Å². The number of hydrogen-bond acceptors (Lipinski definition) is 2. The van der Waals surface area contributed by atoms with Gasteiger partial charge in [0.2, 0.25) is 0 Å². The molecule has 0 fully saturated rings. The first-order valence-corrected chi connectivity index (χ1v) is 7.92. The number of alkyl halides is 3. The van der Waals surface area contributed by atoms with E-state index in [2.05, 4.69) is 0 Å². The van der Waals surface area contributed by atoms with Gasteiger partial charge in [-0.05, 0) is 66.8 Å². The van der Waals surface area contributed by atoms with Crippen molar-refractivity contribution in [3.05, 3.63) is 52.3 Å². The van der Waals surface area contributed by atoms with E-state index in [1.54, 1.807) is 32.9 Å². The Bertz CT molecular complexity index is 761. The Morgan fingerprint density at radius 3 is 2.08 bits per heavy atom. The van der Waals surface area contributed by atoms with Crippen LogP contribution >= 0.6 is 0 Å². The van der Waals surface area contributed by atoms with Gasteiger partial charge in [-0.3, -0.25) is 0 Å². The molecule has 2 rings (SSSR count). The standard InChI is InChI=1S/C19H21F4NO/c1-5-16(24)14-8-12(9-15(18(14)20)19(21,22)23)17-10(2)6-13(25-4)7-11(17)3/h6-9,16H,5,24H2,1-4H3/t16-/m0/s1. The maximum atomic E-state index is 14.4. The van der Waals surface area contributed by atoms with Gasteiger partial charge in [-0.1, -0.05) is 6.92 Å². The first-order valence-electron chi connectivity index (χ1n) is 7.92. The highest BCUT2D eigenvalue weighted by Crippen LogP contribution is 2.39. The lowest BCUT2D eigenvalue weighted by Gasteiger charge is -2.19. The van der Waals surface area contributed by atoms with E-state index >= 15 is 0 Å². The summed E-state index contributed by atoms with van der Waals surface area (Å²) in [5, 5.41) is 0. The minimum atomic E-state index is -4.80. The van der Waals surface area contributed by atoms with E-state index in [-0.39, 0.29) is 5.56 Å². The van der Waals surface area contributed by atoms with E-state index in [9.17, 15) is 17.6 Å². The van der Waals surface area contributed by atoms with Gasteiger partial charge in [0.1, 0.15) is 11.6 Å². The predicted octanol–water partition coefficient (Wildman–Crippen LogP) is 5.55. The average Bonchev–Trinajstić information content (AvgIpc) is 2.53. The van der Waals surface area contributed by atoms with Crippen molar-refractivity contribution in [2.75, 3.05) is 7.11 Å². The van der Waals surface area contributed by atoms with E-state index in [0.29, 0.717) is 23.3 Å². The summed E-state index contributed by atoms with van der Waals surface area (Å²) in [5.41, 5.74) is 6.84. The fraction of sp³-hybridized carbons (Fsp3) is 0.368. The van der Waals surface area contributed by atoms with E-state index in [4.69, 9.17) is 10.5 Å². The monoisotopic (exact) mass is 355 g/mol. The molecular weight excluding hydrogens is 334 g/mol. The summed E-state index contributed by atoms with van der Waals surface area (Å²) in [6.07, 6.45) is -4.46. The smallest absolute Gasteiger partial charge is 0.419 e. The van der Waals surface area contributed by atoms with Crippen LogP contribution in [0.4, 0.5) is 17.6 Å². The minimum Gasteiger partial charge on any atom is -0.497 e. The topological polar surface area (TPSA) is 35.2 Å². The quantitative estimate of drug-likeness (QED) is 0.730. The lowest BCUT2D eigenvalue weighted by Crippen LogP contribution is -2.16. The molecule has 0 aliphatic rings. The summed E-state index contributed by atoms with van der Waals surface area (Å²) in [6.45, 7) is 5.26. The maximum Gasteiger partial charge on any atom is 0.419 e. The first kappa shape index (κ1) is 19.2. The second-order valence-electron chi connectivity index (χ2n) is 6.08.